The summed E-state index contributed by atoms with van der Waals surface area (Å²) in [5.74, 6) is 0.130. The third-order valence-corrected chi connectivity index (χ3v) is 3.82. The Balaban J connectivity index is 2.66. The van der Waals surface area contributed by atoms with Crippen LogP contribution in [0.4, 0.5) is 0 Å². The van der Waals surface area contributed by atoms with Crippen molar-refractivity contribution in [2.24, 2.45) is 5.41 Å². The van der Waals surface area contributed by atoms with E-state index in [0.29, 0.717) is 6.42 Å². The van der Waals surface area contributed by atoms with Crippen molar-refractivity contribution >= 4 is 5.91 Å². The van der Waals surface area contributed by atoms with E-state index in [2.05, 4.69) is 17.6 Å². The molecule has 0 bridgehead atoms. The normalized spacial score (nSPS) is 25.6. The molecule has 1 aliphatic heterocycles. The Morgan fingerprint density at radius 2 is 2.24 bits per heavy atom. The van der Waals surface area contributed by atoms with Crippen molar-refractivity contribution in [1.29, 1.82) is 0 Å². The lowest BCUT2D eigenvalue weighted by molar-refractivity contribution is -0.134. The van der Waals surface area contributed by atoms with Gasteiger partial charge in [-0.3, -0.25) is 4.79 Å². The number of carbonyl (C=O) groups is 1. The first-order chi connectivity index (χ1) is 7.96. The molecule has 0 aliphatic carbocycles. The summed E-state index contributed by atoms with van der Waals surface area (Å²) < 4.78 is 0. The van der Waals surface area contributed by atoms with Crippen molar-refractivity contribution in [3.05, 3.63) is 0 Å². The molecule has 1 saturated heterocycles. The van der Waals surface area contributed by atoms with Crippen molar-refractivity contribution in [2.45, 2.75) is 52.0 Å². The second kappa shape index (κ2) is 5.83. The van der Waals surface area contributed by atoms with Crippen molar-refractivity contribution in [2.75, 3.05) is 19.7 Å². The zero-order valence-electron chi connectivity index (χ0n) is 11.3. The molecular formula is C13H26N2O2. The van der Waals surface area contributed by atoms with Crippen molar-refractivity contribution < 1.29 is 9.90 Å². The number of hydrogen-bond donors (Lipinski definition) is 3. The van der Waals surface area contributed by atoms with E-state index in [4.69, 9.17) is 5.11 Å². The van der Waals surface area contributed by atoms with Crippen LogP contribution < -0.4 is 10.6 Å². The maximum Gasteiger partial charge on any atom is 0.227 e. The lowest BCUT2D eigenvalue weighted by Crippen LogP contribution is -2.55. The number of aliphatic hydroxyl groups excluding tert-OH is 1. The van der Waals surface area contributed by atoms with Gasteiger partial charge in [0.1, 0.15) is 0 Å². The predicted molar refractivity (Wildman–Crippen MR) is 68.8 cm³/mol. The highest BCUT2D eigenvalue weighted by Gasteiger charge is 2.39. The molecule has 1 aliphatic rings. The molecule has 4 heteroatoms. The maximum absolute atomic E-state index is 12.4. The number of piperidine rings is 1. The summed E-state index contributed by atoms with van der Waals surface area (Å²) in [6.07, 6.45) is 3.46. The summed E-state index contributed by atoms with van der Waals surface area (Å²) >= 11 is 0. The molecule has 1 rings (SSSR count). The van der Waals surface area contributed by atoms with Gasteiger partial charge < -0.3 is 15.7 Å². The summed E-state index contributed by atoms with van der Waals surface area (Å²) in [5, 5.41) is 15.4. The van der Waals surface area contributed by atoms with E-state index in [1.807, 2.05) is 13.8 Å². The SMILES string of the molecule is CCC1(C(=O)NC(C)(C)CCO)CCCNC1. The van der Waals surface area contributed by atoms with E-state index in [1.54, 1.807) is 0 Å². The Bertz CT molecular complexity index is 258. The van der Waals surface area contributed by atoms with E-state index in [0.717, 1.165) is 32.4 Å². The predicted octanol–water partition coefficient (Wildman–Crippen LogP) is 1.04. The van der Waals surface area contributed by atoms with Crippen LogP contribution in [0.15, 0.2) is 0 Å². The highest BCUT2D eigenvalue weighted by Crippen LogP contribution is 2.31. The Morgan fingerprint density at radius 3 is 2.71 bits per heavy atom. The topological polar surface area (TPSA) is 61.4 Å². The van der Waals surface area contributed by atoms with E-state index >= 15 is 0 Å². The van der Waals surface area contributed by atoms with E-state index in [-0.39, 0.29) is 23.5 Å². The van der Waals surface area contributed by atoms with Crippen LogP contribution in [-0.4, -0.2) is 36.2 Å². The van der Waals surface area contributed by atoms with Crippen LogP contribution in [0.3, 0.4) is 0 Å². The molecule has 100 valence electrons. The zero-order valence-corrected chi connectivity index (χ0v) is 11.3. The number of hydrogen-bond acceptors (Lipinski definition) is 3. The van der Waals surface area contributed by atoms with Gasteiger partial charge in [0.25, 0.3) is 0 Å². The first-order valence-corrected chi connectivity index (χ1v) is 6.60. The zero-order chi connectivity index (χ0) is 12.9. The van der Waals surface area contributed by atoms with E-state index in [9.17, 15) is 4.79 Å². The molecule has 0 radical (unpaired) electrons. The fourth-order valence-electron chi connectivity index (χ4n) is 2.41. The fourth-order valence-corrected chi connectivity index (χ4v) is 2.41. The monoisotopic (exact) mass is 242 g/mol. The average molecular weight is 242 g/mol. The lowest BCUT2D eigenvalue weighted by atomic mass is 9.77. The molecular weight excluding hydrogens is 216 g/mol. The van der Waals surface area contributed by atoms with Gasteiger partial charge in [-0.1, -0.05) is 6.92 Å². The third kappa shape index (κ3) is 3.68. The van der Waals surface area contributed by atoms with Crippen LogP contribution in [-0.2, 0) is 4.79 Å². The van der Waals surface area contributed by atoms with Gasteiger partial charge in [0.2, 0.25) is 5.91 Å². The molecule has 0 aromatic carbocycles. The summed E-state index contributed by atoms with van der Waals surface area (Å²) in [6.45, 7) is 7.87. The minimum absolute atomic E-state index is 0.102. The van der Waals surface area contributed by atoms with Gasteiger partial charge in [0, 0.05) is 18.7 Å². The Morgan fingerprint density at radius 1 is 1.53 bits per heavy atom. The molecule has 1 amide bonds. The van der Waals surface area contributed by atoms with E-state index < -0.39 is 0 Å². The van der Waals surface area contributed by atoms with Crippen LogP contribution in [0.1, 0.15) is 46.5 Å². The van der Waals surface area contributed by atoms with Gasteiger partial charge in [0.15, 0.2) is 0 Å². The number of nitrogens with one attached hydrogen (secondary N) is 2. The van der Waals surface area contributed by atoms with Gasteiger partial charge in [0.05, 0.1) is 5.41 Å². The average Bonchev–Trinajstić information content (AvgIpc) is 2.29. The smallest absolute Gasteiger partial charge is 0.227 e. The van der Waals surface area contributed by atoms with Crippen LogP contribution >= 0.6 is 0 Å². The molecule has 0 aromatic rings. The lowest BCUT2D eigenvalue weighted by Gasteiger charge is -2.38. The third-order valence-electron chi connectivity index (χ3n) is 3.82. The van der Waals surface area contributed by atoms with Gasteiger partial charge in [-0.15, -0.1) is 0 Å². The minimum atomic E-state index is -0.328. The van der Waals surface area contributed by atoms with Crippen LogP contribution in [0.25, 0.3) is 0 Å². The van der Waals surface area contributed by atoms with Crippen LogP contribution in [0, 0.1) is 5.41 Å². The molecule has 1 fully saturated rings. The first-order valence-electron chi connectivity index (χ1n) is 6.60. The molecule has 1 atom stereocenters. The summed E-state index contributed by atoms with van der Waals surface area (Å²) in [5.41, 5.74) is -0.587. The van der Waals surface area contributed by atoms with Gasteiger partial charge in [-0.2, -0.15) is 0 Å². The summed E-state index contributed by atoms with van der Waals surface area (Å²) in [4.78, 5) is 12.4. The molecule has 1 unspecified atom stereocenters. The summed E-state index contributed by atoms with van der Waals surface area (Å²) in [6, 6.07) is 0. The van der Waals surface area contributed by atoms with Crippen molar-refractivity contribution in [3.8, 4) is 0 Å². The Hall–Kier alpha value is -0.610. The molecule has 4 nitrogen and oxygen atoms in total. The molecule has 0 spiro atoms. The number of rotatable bonds is 5. The Labute approximate surface area is 104 Å². The highest BCUT2D eigenvalue weighted by atomic mass is 16.3. The molecule has 0 saturated carbocycles. The number of aliphatic hydroxyl groups is 1. The molecule has 0 aromatic heterocycles. The number of carbonyl (C=O) groups excluding carboxylic acids is 1. The van der Waals surface area contributed by atoms with E-state index in [1.165, 1.54) is 0 Å². The van der Waals surface area contributed by atoms with Gasteiger partial charge in [-0.05, 0) is 46.1 Å². The minimum Gasteiger partial charge on any atom is -0.396 e. The van der Waals surface area contributed by atoms with Crippen molar-refractivity contribution in [3.63, 3.8) is 0 Å². The van der Waals surface area contributed by atoms with Gasteiger partial charge in [-0.25, -0.2) is 0 Å². The maximum atomic E-state index is 12.4. The quantitative estimate of drug-likeness (QED) is 0.675. The molecule has 1 heterocycles. The standard InChI is InChI=1S/C13H26N2O2/c1-4-13(6-5-8-14-10-13)11(17)15-12(2,3)7-9-16/h14,16H,4-10H2,1-3H3,(H,15,17). The summed E-state index contributed by atoms with van der Waals surface area (Å²) in [7, 11) is 0. The number of amides is 1. The second-order valence-electron chi connectivity index (χ2n) is 5.73. The highest BCUT2D eigenvalue weighted by molar-refractivity contribution is 5.83. The molecule has 3 N–H and O–H groups in total. The van der Waals surface area contributed by atoms with Gasteiger partial charge >= 0.3 is 0 Å². The Kier molecular flexibility index (Phi) is 4.95. The van der Waals surface area contributed by atoms with Crippen LogP contribution in [0.5, 0.6) is 0 Å². The molecule has 17 heavy (non-hydrogen) atoms. The second-order valence-corrected chi connectivity index (χ2v) is 5.73. The van der Waals surface area contributed by atoms with Crippen molar-refractivity contribution in [1.82, 2.24) is 10.6 Å². The first kappa shape index (κ1) is 14.5. The fraction of sp³-hybridized carbons (Fsp3) is 0.923. The van der Waals surface area contributed by atoms with Crippen LogP contribution in [0.2, 0.25) is 0 Å². The largest absolute Gasteiger partial charge is 0.396 e.